The van der Waals surface area contributed by atoms with Crippen molar-refractivity contribution >= 4 is 24.8 Å². The fourth-order valence-corrected chi connectivity index (χ4v) is 3.24. The lowest BCUT2D eigenvalue weighted by Gasteiger charge is -2.35. The molecule has 0 bridgehead atoms. The van der Waals surface area contributed by atoms with Crippen molar-refractivity contribution in [2.75, 3.05) is 26.2 Å². The van der Waals surface area contributed by atoms with E-state index in [1.54, 1.807) is 0 Å². The Labute approximate surface area is 163 Å². The summed E-state index contributed by atoms with van der Waals surface area (Å²) in [5.41, 5.74) is 1.36. The highest BCUT2D eigenvalue weighted by Crippen LogP contribution is 2.30. The topological polar surface area (TPSA) is 24.5 Å². The van der Waals surface area contributed by atoms with Gasteiger partial charge in [0.15, 0.2) is 0 Å². The van der Waals surface area contributed by atoms with Gasteiger partial charge in [-0.25, -0.2) is 0 Å². The van der Waals surface area contributed by atoms with Gasteiger partial charge >= 0.3 is 0 Å². The summed E-state index contributed by atoms with van der Waals surface area (Å²) in [6.45, 7) is 6.67. The predicted octanol–water partition coefficient (Wildman–Crippen LogP) is 5.07. The Morgan fingerprint density at radius 3 is 2.32 bits per heavy atom. The van der Waals surface area contributed by atoms with Crippen molar-refractivity contribution < 1.29 is 4.74 Å². The molecule has 1 saturated heterocycles. The highest BCUT2D eigenvalue weighted by atomic mass is 35.5. The van der Waals surface area contributed by atoms with Gasteiger partial charge in [0.1, 0.15) is 11.5 Å². The molecule has 0 aromatic heterocycles. The zero-order valence-electron chi connectivity index (χ0n) is 14.7. The van der Waals surface area contributed by atoms with Crippen molar-refractivity contribution in [2.45, 2.75) is 25.8 Å². The van der Waals surface area contributed by atoms with Crippen molar-refractivity contribution in [3.63, 3.8) is 0 Å². The molecule has 1 aliphatic rings. The molecular formula is C20H28Cl2N2O. The molecule has 0 amide bonds. The number of ether oxygens (including phenoxy) is 1. The predicted molar refractivity (Wildman–Crippen MR) is 110 cm³/mol. The van der Waals surface area contributed by atoms with Crippen LogP contribution < -0.4 is 10.1 Å². The first-order chi connectivity index (χ1) is 11.4. The van der Waals surface area contributed by atoms with E-state index in [2.05, 4.69) is 35.3 Å². The number of halogens is 2. The van der Waals surface area contributed by atoms with Crippen LogP contribution in [0.15, 0.2) is 54.6 Å². The van der Waals surface area contributed by atoms with E-state index in [-0.39, 0.29) is 24.8 Å². The van der Waals surface area contributed by atoms with Crippen LogP contribution in [0.3, 0.4) is 0 Å². The maximum Gasteiger partial charge on any atom is 0.127 e. The quantitative estimate of drug-likeness (QED) is 0.754. The highest BCUT2D eigenvalue weighted by Gasteiger charge is 2.21. The molecule has 1 N–H and O–H groups in total. The van der Waals surface area contributed by atoms with Gasteiger partial charge in [0.2, 0.25) is 0 Å². The summed E-state index contributed by atoms with van der Waals surface area (Å²) >= 11 is 0. The van der Waals surface area contributed by atoms with Crippen molar-refractivity contribution in [3.8, 4) is 11.5 Å². The second kappa shape index (κ2) is 11.4. The summed E-state index contributed by atoms with van der Waals surface area (Å²) in [6, 6.07) is 19.1. The van der Waals surface area contributed by atoms with E-state index in [0.29, 0.717) is 6.04 Å². The Balaban J connectivity index is 0.00000156. The molecule has 1 fully saturated rings. The SMILES string of the molecule is CCC[C@@H](c1cccc(Oc2ccccc2)c1)N1CCNCC1.Cl.Cl. The third-order valence-electron chi connectivity index (χ3n) is 4.38. The highest BCUT2D eigenvalue weighted by molar-refractivity contribution is 5.85. The van der Waals surface area contributed by atoms with Crippen LogP contribution >= 0.6 is 24.8 Å². The molecule has 138 valence electrons. The number of para-hydroxylation sites is 1. The third kappa shape index (κ3) is 6.19. The van der Waals surface area contributed by atoms with Gasteiger partial charge in [-0.05, 0) is 36.2 Å². The molecule has 0 unspecified atom stereocenters. The lowest BCUT2D eigenvalue weighted by molar-refractivity contribution is 0.164. The third-order valence-corrected chi connectivity index (χ3v) is 4.38. The summed E-state index contributed by atoms with van der Waals surface area (Å²) in [5, 5.41) is 3.44. The molecule has 1 aliphatic heterocycles. The summed E-state index contributed by atoms with van der Waals surface area (Å²) < 4.78 is 6.00. The molecule has 5 heteroatoms. The lowest BCUT2D eigenvalue weighted by atomic mass is 9.99. The maximum atomic E-state index is 6.00. The minimum Gasteiger partial charge on any atom is -0.457 e. The average molecular weight is 383 g/mol. The van der Waals surface area contributed by atoms with E-state index in [1.807, 2.05) is 36.4 Å². The van der Waals surface area contributed by atoms with Gasteiger partial charge in [-0.15, -0.1) is 24.8 Å². The largest absolute Gasteiger partial charge is 0.457 e. The van der Waals surface area contributed by atoms with Crippen molar-refractivity contribution in [2.24, 2.45) is 0 Å². The molecule has 25 heavy (non-hydrogen) atoms. The Morgan fingerprint density at radius 1 is 0.960 bits per heavy atom. The molecule has 0 aliphatic carbocycles. The molecule has 0 radical (unpaired) electrons. The van der Waals surface area contributed by atoms with Crippen molar-refractivity contribution in [3.05, 3.63) is 60.2 Å². The monoisotopic (exact) mass is 382 g/mol. The van der Waals surface area contributed by atoms with Crippen LogP contribution in [0.4, 0.5) is 0 Å². The Kier molecular flexibility index (Phi) is 9.91. The van der Waals surface area contributed by atoms with Gasteiger partial charge in [-0.2, -0.15) is 0 Å². The number of benzene rings is 2. The zero-order chi connectivity index (χ0) is 15.9. The van der Waals surface area contributed by atoms with E-state index >= 15 is 0 Å². The van der Waals surface area contributed by atoms with Crippen LogP contribution in [0.2, 0.25) is 0 Å². The first-order valence-electron chi connectivity index (χ1n) is 8.64. The van der Waals surface area contributed by atoms with Gasteiger partial charge in [-0.3, -0.25) is 4.90 Å². The molecule has 1 heterocycles. The summed E-state index contributed by atoms with van der Waals surface area (Å²) in [5.74, 6) is 1.81. The summed E-state index contributed by atoms with van der Waals surface area (Å²) in [4.78, 5) is 2.60. The maximum absolute atomic E-state index is 6.00. The Hall–Kier alpha value is -1.26. The van der Waals surface area contributed by atoms with Crippen LogP contribution in [0.5, 0.6) is 11.5 Å². The van der Waals surface area contributed by atoms with Crippen LogP contribution in [0.1, 0.15) is 31.4 Å². The summed E-state index contributed by atoms with van der Waals surface area (Å²) in [6.07, 6.45) is 2.38. The number of hydrogen-bond donors (Lipinski definition) is 1. The fourth-order valence-electron chi connectivity index (χ4n) is 3.24. The normalized spacial score (nSPS) is 15.6. The van der Waals surface area contributed by atoms with Crippen molar-refractivity contribution in [1.82, 2.24) is 10.2 Å². The number of hydrogen-bond acceptors (Lipinski definition) is 3. The molecule has 0 spiro atoms. The summed E-state index contributed by atoms with van der Waals surface area (Å²) in [7, 11) is 0. The Bertz CT molecular complexity index is 604. The average Bonchev–Trinajstić information content (AvgIpc) is 2.61. The fraction of sp³-hybridized carbons (Fsp3) is 0.400. The van der Waals surface area contributed by atoms with E-state index in [9.17, 15) is 0 Å². The van der Waals surface area contributed by atoms with Crippen LogP contribution in [-0.2, 0) is 0 Å². The van der Waals surface area contributed by atoms with Gasteiger partial charge in [0, 0.05) is 32.2 Å². The molecule has 2 aromatic rings. The number of rotatable bonds is 6. The molecule has 1 atom stereocenters. The number of nitrogens with zero attached hydrogens (tertiary/aromatic N) is 1. The van der Waals surface area contributed by atoms with Crippen LogP contribution in [0.25, 0.3) is 0 Å². The van der Waals surface area contributed by atoms with E-state index in [0.717, 1.165) is 37.7 Å². The van der Waals surface area contributed by atoms with Gasteiger partial charge in [0.25, 0.3) is 0 Å². The van der Waals surface area contributed by atoms with E-state index in [4.69, 9.17) is 4.74 Å². The van der Waals surface area contributed by atoms with Crippen LogP contribution in [0, 0.1) is 0 Å². The Morgan fingerprint density at radius 2 is 1.64 bits per heavy atom. The molecule has 0 saturated carbocycles. The second-order valence-electron chi connectivity index (χ2n) is 6.08. The van der Waals surface area contributed by atoms with Crippen LogP contribution in [-0.4, -0.2) is 31.1 Å². The van der Waals surface area contributed by atoms with Gasteiger partial charge < -0.3 is 10.1 Å². The lowest BCUT2D eigenvalue weighted by Crippen LogP contribution is -2.45. The molecular weight excluding hydrogens is 355 g/mol. The van der Waals surface area contributed by atoms with E-state index < -0.39 is 0 Å². The molecule has 3 nitrogen and oxygen atoms in total. The second-order valence-corrected chi connectivity index (χ2v) is 6.08. The number of piperazine rings is 1. The van der Waals surface area contributed by atoms with Crippen molar-refractivity contribution in [1.29, 1.82) is 0 Å². The van der Waals surface area contributed by atoms with Gasteiger partial charge in [-0.1, -0.05) is 43.7 Å². The van der Waals surface area contributed by atoms with E-state index in [1.165, 1.54) is 18.4 Å². The van der Waals surface area contributed by atoms with Gasteiger partial charge in [0.05, 0.1) is 0 Å². The molecule has 3 rings (SSSR count). The minimum absolute atomic E-state index is 0. The zero-order valence-corrected chi connectivity index (χ0v) is 16.3. The molecule has 2 aromatic carbocycles. The minimum atomic E-state index is 0. The number of nitrogens with one attached hydrogen (secondary N) is 1. The smallest absolute Gasteiger partial charge is 0.127 e. The standard InChI is InChI=1S/C20H26N2O.2ClH/c1-2-7-20(22-14-12-21-13-15-22)17-8-6-11-19(16-17)23-18-9-4-3-5-10-18;;/h3-6,8-11,16,20-21H,2,7,12-15H2,1H3;2*1H/t20-;;/m0../s1. The first kappa shape index (κ1) is 21.8. The first-order valence-corrected chi connectivity index (χ1v) is 8.64.